The summed E-state index contributed by atoms with van der Waals surface area (Å²) in [4.78, 5) is 20.7. The average Bonchev–Trinajstić information content (AvgIpc) is 2.89. The summed E-state index contributed by atoms with van der Waals surface area (Å²) in [6.45, 7) is 3.64. The van der Waals surface area contributed by atoms with Crippen molar-refractivity contribution >= 4 is 50.6 Å². The number of nitrogens with one attached hydrogen (secondary N) is 1. The third-order valence-electron chi connectivity index (χ3n) is 3.65. The van der Waals surface area contributed by atoms with Crippen LogP contribution in [0.5, 0.6) is 5.75 Å². The Balaban J connectivity index is 2.15. The van der Waals surface area contributed by atoms with E-state index < -0.39 is 5.97 Å². The van der Waals surface area contributed by atoms with Crippen molar-refractivity contribution in [3.63, 3.8) is 0 Å². The van der Waals surface area contributed by atoms with Crippen molar-refractivity contribution in [1.29, 1.82) is 0 Å². The minimum absolute atomic E-state index is 0.257. The molecule has 0 fully saturated rings. The molecule has 2 N–H and O–H groups in total. The molecular weight excluding hydrogens is 350 g/mol. The van der Waals surface area contributed by atoms with Crippen molar-refractivity contribution in [2.24, 2.45) is 0 Å². The van der Waals surface area contributed by atoms with Gasteiger partial charge in [-0.2, -0.15) is 0 Å². The fourth-order valence-corrected chi connectivity index (χ4v) is 3.57. The van der Waals surface area contributed by atoms with E-state index in [2.05, 4.69) is 15.3 Å². The van der Waals surface area contributed by atoms with Crippen LogP contribution in [0.3, 0.4) is 0 Å². The van der Waals surface area contributed by atoms with E-state index in [0.29, 0.717) is 38.1 Å². The van der Waals surface area contributed by atoms with Gasteiger partial charge in [-0.15, -0.1) is 11.3 Å². The largest absolute Gasteiger partial charge is 0.495 e. The van der Waals surface area contributed by atoms with E-state index in [-0.39, 0.29) is 4.88 Å². The number of benzene rings is 1. The van der Waals surface area contributed by atoms with Crippen LogP contribution in [0.1, 0.15) is 20.8 Å². The van der Waals surface area contributed by atoms with E-state index in [4.69, 9.17) is 16.3 Å². The van der Waals surface area contributed by atoms with Crippen molar-refractivity contribution < 1.29 is 14.6 Å². The van der Waals surface area contributed by atoms with Crippen molar-refractivity contribution in [3.05, 3.63) is 39.5 Å². The standard InChI is InChI=1S/C16H14ClN3O3S/c1-7-4-10(11(23-3)5-9(7)17)20-14-12-8(2)13(16(21)22)24-15(12)19-6-18-14/h4-6H,1-3H3,(H,21,22)(H,18,19,20). The minimum atomic E-state index is -0.971. The third-order valence-corrected chi connectivity index (χ3v) is 5.25. The molecule has 124 valence electrons. The number of anilines is 2. The number of rotatable bonds is 4. The highest BCUT2D eigenvalue weighted by Gasteiger charge is 2.19. The van der Waals surface area contributed by atoms with Crippen LogP contribution in [-0.2, 0) is 0 Å². The quantitative estimate of drug-likeness (QED) is 0.714. The summed E-state index contributed by atoms with van der Waals surface area (Å²) in [5, 5.41) is 13.8. The lowest BCUT2D eigenvalue weighted by molar-refractivity contribution is 0.0701. The lowest BCUT2D eigenvalue weighted by Gasteiger charge is -2.13. The Hall–Kier alpha value is -2.38. The highest BCUT2D eigenvalue weighted by atomic mass is 35.5. The number of hydrogen-bond acceptors (Lipinski definition) is 6. The van der Waals surface area contributed by atoms with Crippen LogP contribution in [0.4, 0.5) is 11.5 Å². The molecule has 0 aliphatic carbocycles. The first-order valence-electron chi connectivity index (χ1n) is 7.01. The number of aryl methyl sites for hydroxylation is 2. The summed E-state index contributed by atoms with van der Waals surface area (Å²) >= 11 is 7.26. The van der Waals surface area contributed by atoms with Crippen molar-refractivity contribution in [1.82, 2.24) is 9.97 Å². The molecular formula is C16H14ClN3O3S. The van der Waals surface area contributed by atoms with Gasteiger partial charge in [-0.25, -0.2) is 14.8 Å². The highest BCUT2D eigenvalue weighted by Crippen LogP contribution is 2.37. The van der Waals surface area contributed by atoms with E-state index in [1.54, 1.807) is 20.1 Å². The first-order chi connectivity index (χ1) is 11.4. The van der Waals surface area contributed by atoms with Crippen molar-refractivity contribution in [3.8, 4) is 5.75 Å². The molecule has 0 bridgehead atoms. The van der Waals surface area contributed by atoms with Gasteiger partial charge in [0.05, 0.1) is 18.2 Å². The predicted molar refractivity (Wildman–Crippen MR) is 95.1 cm³/mol. The van der Waals surface area contributed by atoms with Gasteiger partial charge in [-0.1, -0.05) is 11.6 Å². The van der Waals surface area contributed by atoms with Gasteiger partial charge >= 0.3 is 5.97 Å². The molecule has 0 atom stereocenters. The number of aromatic carboxylic acids is 1. The zero-order valence-electron chi connectivity index (χ0n) is 13.2. The second kappa shape index (κ2) is 6.26. The molecule has 8 heteroatoms. The van der Waals surface area contributed by atoms with Gasteiger partial charge in [-0.3, -0.25) is 0 Å². The smallest absolute Gasteiger partial charge is 0.346 e. The SMILES string of the molecule is COc1cc(Cl)c(C)cc1Nc1ncnc2sc(C(=O)O)c(C)c12. The summed E-state index contributed by atoms with van der Waals surface area (Å²) in [7, 11) is 1.56. The van der Waals surface area contributed by atoms with Crippen LogP contribution < -0.4 is 10.1 Å². The first-order valence-corrected chi connectivity index (χ1v) is 8.20. The molecule has 0 aliphatic rings. The predicted octanol–water partition coefficient (Wildman–Crippen LogP) is 4.41. The maximum atomic E-state index is 11.4. The molecule has 3 aromatic rings. The Morgan fingerprint density at radius 2 is 2.08 bits per heavy atom. The maximum absolute atomic E-state index is 11.4. The van der Waals surface area contributed by atoms with E-state index >= 15 is 0 Å². The summed E-state index contributed by atoms with van der Waals surface area (Å²) in [5.41, 5.74) is 2.22. The molecule has 2 heterocycles. The Morgan fingerprint density at radius 3 is 2.75 bits per heavy atom. The molecule has 2 aromatic heterocycles. The van der Waals surface area contributed by atoms with Gasteiger partial charge < -0.3 is 15.2 Å². The number of ether oxygens (including phenoxy) is 1. The summed E-state index contributed by atoms with van der Waals surface area (Å²) in [6, 6.07) is 3.58. The second-order valence-corrected chi connectivity index (χ2v) is 6.60. The topological polar surface area (TPSA) is 84.3 Å². The van der Waals surface area contributed by atoms with Gasteiger partial charge in [0.25, 0.3) is 0 Å². The van der Waals surface area contributed by atoms with Gasteiger partial charge in [0, 0.05) is 11.1 Å². The van der Waals surface area contributed by atoms with Gasteiger partial charge in [0.15, 0.2) is 0 Å². The second-order valence-electron chi connectivity index (χ2n) is 5.19. The number of fused-ring (bicyclic) bond motifs is 1. The summed E-state index contributed by atoms with van der Waals surface area (Å²) in [6.07, 6.45) is 1.40. The maximum Gasteiger partial charge on any atom is 0.346 e. The molecule has 0 spiro atoms. The molecule has 0 saturated heterocycles. The Bertz CT molecular complexity index is 955. The number of carboxylic acid groups (broad SMARTS) is 1. The van der Waals surface area contributed by atoms with E-state index in [1.807, 2.05) is 13.0 Å². The van der Waals surface area contributed by atoms with Crippen LogP contribution in [-0.4, -0.2) is 28.2 Å². The van der Waals surface area contributed by atoms with Crippen LogP contribution in [0.2, 0.25) is 5.02 Å². The molecule has 0 amide bonds. The van der Waals surface area contributed by atoms with Gasteiger partial charge in [-0.05, 0) is 31.0 Å². The van der Waals surface area contributed by atoms with Crippen molar-refractivity contribution in [2.45, 2.75) is 13.8 Å². The average molecular weight is 364 g/mol. The fourth-order valence-electron chi connectivity index (χ4n) is 2.43. The van der Waals surface area contributed by atoms with Crippen molar-refractivity contribution in [2.75, 3.05) is 12.4 Å². The molecule has 3 rings (SSSR count). The first kappa shape index (κ1) is 16.5. The van der Waals surface area contributed by atoms with Crippen LogP contribution in [0.25, 0.3) is 10.2 Å². The number of aromatic nitrogens is 2. The number of nitrogens with zero attached hydrogens (tertiary/aromatic N) is 2. The number of thiophene rings is 1. The number of methoxy groups -OCH3 is 1. The van der Waals surface area contributed by atoms with E-state index in [1.165, 1.54) is 6.33 Å². The molecule has 24 heavy (non-hydrogen) atoms. The molecule has 0 unspecified atom stereocenters. The van der Waals surface area contributed by atoms with Crippen LogP contribution >= 0.6 is 22.9 Å². The lowest BCUT2D eigenvalue weighted by atomic mass is 10.1. The fraction of sp³-hybridized carbons (Fsp3) is 0.188. The van der Waals surface area contributed by atoms with Crippen LogP contribution in [0.15, 0.2) is 18.5 Å². The summed E-state index contributed by atoms with van der Waals surface area (Å²) < 4.78 is 5.36. The zero-order chi connectivity index (χ0) is 17.4. The molecule has 0 radical (unpaired) electrons. The minimum Gasteiger partial charge on any atom is -0.495 e. The molecule has 0 aliphatic heterocycles. The molecule has 1 aromatic carbocycles. The van der Waals surface area contributed by atoms with Gasteiger partial charge in [0.1, 0.15) is 27.6 Å². The normalized spacial score (nSPS) is 10.8. The van der Waals surface area contributed by atoms with E-state index in [9.17, 15) is 9.90 Å². The monoisotopic (exact) mass is 363 g/mol. The Labute approximate surface area is 147 Å². The number of halogens is 1. The third kappa shape index (κ3) is 2.76. The zero-order valence-corrected chi connectivity index (χ0v) is 14.7. The number of carboxylic acids is 1. The molecule has 6 nitrogen and oxygen atoms in total. The Kier molecular flexibility index (Phi) is 4.29. The van der Waals surface area contributed by atoms with Crippen LogP contribution in [0, 0.1) is 13.8 Å². The summed E-state index contributed by atoms with van der Waals surface area (Å²) in [5.74, 6) is 0.131. The Morgan fingerprint density at radius 1 is 1.33 bits per heavy atom. The number of hydrogen-bond donors (Lipinski definition) is 2. The van der Waals surface area contributed by atoms with Gasteiger partial charge in [0.2, 0.25) is 0 Å². The number of carbonyl (C=O) groups is 1. The van der Waals surface area contributed by atoms with E-state index in [0.717, 1.165) is 16.9 Å². The molecule has 0 saturated carbocycles. The lowest BCUT2D eigenvalue weighted by Crippen LogP contribution is -1.99. The highest BCUT2D eigenvalue weighted by molar-refractivity contribution is 7.20.